The third kappa shape index (κ3) is 4.91. The van der Waals surface area contributed by atoms with Gasteiger partial charge in [-0.2, -0.15) is 5.26 Å². The zero-order chi connectivity index (χ0) is 12.9. The lowest BCUT2D eigenvalue weighted by atomic mass is 10.2. The van der Waals surface area contributed by atoms with E-state index in [-0.39, 0.29) is 0 Å². The Labute approximate surface area is 93.8 Å². The maximum Gasteiger partial charge on any atom is 0.410 e. The molecule has 0 bridgehead atoms. The van der Waals surface area contributed by atoms with E-state index in [4.69, 9.17) is 10.00 Å². The monoisotopic (exact) mass is 234 g/mol. The number of nitrogens with zero attached hydrogens (tertiary/aromatic N) is 2. The molecule has 0 heterocycles. The van der Waals surface area contributed by atoms with Crippen molar-refractivity contribution >= 4 is 6.09 Å². The number of carbonyl (C=O) groups excluding carboxylic acids is 1. The molecule has 1 amide bonds. The van der Waals surface area contributed by atoms with Crippen LogP contribution in [-0.2, 0) is 4.74 Å². The van der Waals surface area contributed by atoms with E-state index in [1.165, 1.54) is 7.05 Å². The second kappa shape index (κ2) is 5.64. The van der Waals surface area contributed by atoms with Crippen LogP contribution in [0.5, 0.6) is 0 Å². The van der Waals surface area contributed by atoms with Gasteiger partial charge in [-0.25, -0.2) is 13.6 Å². The van der Waals surface area contributed by atoms with Crippen molar-refractivity contribution in [2.75, 3.05) is 7.05 Å². The largest absolute Gasteiger partial charge is 0.444 e. The number of halogens is 2. The summed E-state index contributed by atoms with van der Waals surface area (Å²) in [5.41, 5.74) is -0.745. The fourth-order valence-corrected chi connectivity index (χ4v) is 0.958. The zero-order valence-electron chi connectivity index (χ0n) is 9.83. The van der Waals surface area contributed by atoms with Gasteiger partial charge in [-0.1, -0.05) is 0 Å². The number of hydrogen-bond donors (Lipinski definition) is 0. The summed E-state index contributed by atoms with van der Waals surface area (Å²) >= 11 is 0. The molecule has 0 aliphatic rings. The quantitative estimate of drug-likeness (QED) is 0.753. The Hall–Kier alpha value is -1.38. The summed E-state index contributed by atoms with van der Waals surface area (Å²) in [4.78, 5) is 12.2. The minimum absolute atomic E-state index is 0.423. The van der Waals surface area contributed by atoms with Crippen LogP contribution in [0, 0.1) is 11.3 Å². The van der Waals surface area contributed by atoms with Crippen molar-refractivity contribution < 1.29 is 18.3 Å². The average Bonchev–Trinajstić information content (AvgIpc) is 2.09. The first kappa shape index (κ1) is 14.6. The average molecular weight is 234 g/mol. The summed E-state index contributed by atoms with van der Waals surface area (Å²) in [6.07, 6.45) is -4.04. The Morgan fingerprint density at radius 1 is 1.50 bits per heavy atom. The molecular weight excluding hydrogens is 218 g/mol. The second-order valence-electron chi connectivity index (χ2n) is 4.36. The molecule has 0 radical (unpaired) electrons. The molecule has 0 saturated heterocycles. The predicted molar refractivity (Wildman–Crippen MR) is 54.0 cm³/mol. The molecule has 0 aliphatic carbocycles. The van der Waals surface area contributed by atoms with Crippen molar-refractivity contribution in [1.82, 2.24) is 4.90 Å². The molecule has 0 aromatic heterocycles. The van der Waals surface area contributed by atoms with Crippen LogP contribution in [0.1, 0.15) is 27.2 Å². The molecule has 0 aromatic rings. The van der Waals surface area contributed by atoms with Crippen LogP contribution in [0.3, 0.4) is 0 Å². The van der Waals surface area contributed by atoms with Crippen LogP contribution in [-0.4, -0.2) is 36.1 Å². The molecule has 6 heteroatoms. The van der Waals surface area contributed by atoms with Crippen LogP contribution in [0.4, 0.5) is 13.6 Å². The van der Waals surface area contributed by atoms with Crippen LogP contribution < -0.4 is 0 Å². The second-order valence-corrected chi connectivity index (χ2v) is 4.36. The van der Waals surface area contributed by atoms with Gasteiger partial charge < -0.3 is 9.64 Å². The fourth-order valence-electron chi connectivity index (χ4n) is 0.958. The molecule has 0 aliphatic heterocycles. The lowest BCUT2D eigenvalue weighted by Crippen LogP contribution is -2.44. The normalized spacial score (nSPS) is 13.1. The number of ether oxygens (including phenoxy) is 1. The van der Waals surface area contributed by atoms with E-state index >= 15 is 0 Å². The summed E-state index contributed by atoms with van der Waals surface area (Å²) < 4.78 is 30.0. The van der Waals surface area contributed by atoms with Crippen molar-refractivity contribution in [2.45, 2.75) is 45.3 Å². The van der Waals surface area contributed by atoms with Gasteiger partial charge in [-0.05, 0) is 20.8 Å². The summed E-state index contributed by atoms with van der Waals surface area (Å²) in [5.74, 6) is 0. The smallest absolute Gasteiger partial charge is 0.410 e. The van der Waals surface area contributed by atoms with Crippen molar-refractivity contribution in [3.8, 4) is 6.07 Å². The Morgan fingerprint density at radius 2 is 2.00 bits per heavy atom. The lowest BCUT2D eigenvalue weighted by molar-refractivity contribution is -0.00536. The number of hydrogen-bond acceptors (Lipinski definition) is 3. The molecule has 0 saturated carbocycles. The Kier molecular flexibility index (Phi) is 5.15. The highest BCUT2D eigenvalue weighted by Gasteiger charge is 2.31. The van der Waals surface area contributed by atoms with Gasteiger partial charge in [0, 0.05) is 7.05 Å². The van der Waals surface area contributed by atoms with Crippen molar-refractivity contribution in [3.63, 3.8) is 0 Å². The van der Waals surface area contributed by atoms with Gasteiger partial charge in [-0.3, -0.25) is 0 Å². The van der Waals surface area contributed by atoms with Crippen molar-refractivity contribution in [1.29, 1.82) is 5.26 Å². The third-order valence-corrected chi connectivity index (χ3v) is 1.77. The maximum absolute atomic E-state index is 12.5. The lowest BCUT2D eigenvalue weighted by Gasteiger charge is -2.29. The van der Waals surface area contributed by atoms with E-state index in [2.05, 4.69) is 0 Å². The number of alkyl halides is 2. The number of carbonyl (C=O) groups is 1. The first-order chi connectivity index (χ1) is 7.19. The van der Waals surface area contributed by atoms with E-state index in [9.17, 15) is 13.6 Å². The summed E-state index contributed by atoms with van der Waals surface area (Å²) in [6, 6.07) is 0.188. The van der Waals surface area contributed by atoms with E-state index in [1.807, 2.05) is 0 Å². The Bertz CT molecular complexity index is 282. The highest BCUT2D eigenvalue weighted by molar-refractivity contribution is 5.68. The molecule has 4 nitrogen and oxygen atoms in total. The standard InChI is InChI=1S/C10H16F2N2O2/c1-10(2,3)16-9(15)14(4)7(5-6-13)8(11)12/h7-8H,5H2,1-4H3. The van der Waals surface area contributed by atoms with Crippen molar-refractivity contribution in [2.24, 2.45) is 0 Å². The highest BCUT2D eigenvalue weighted by atomic mass is 19.3. The van der Waals surface area contributed by atoms with E-state index in [1.54, 1.807) is 26.8 Å². The zero-order valence-corrected chi connectivity index (χ0v) is 9.83. The fraction of sp³-hybridized carbons (Fsp3) is 0.800. The molecule has 92 valence electrons. The number of nitriles is 1. The minimum Gasteiger partial charge on any atom is -0.444 e. The molecule has 0 fully saturated rings. The van der Waals surface area contributed by atoms with E-state index in [0.717, 1.165) is 4.90 Å². The summed E-state index contributed by atoms with van der Waals surface area (Å²) in [5, 5.41) is 8.39. The van der Waals surface area contributed by atoms with Gasteiger partial charge in [0.1, 0.15) is 11.6 Å². The van der Waals surface area contributed by atoms with Gasteiger partial charge in [0.15, 0.2) is 0 Å². The Balaban J connectivity index is 4.57. The molecular formula is C10H16F2N2O2. The molecule has 0 N–H and O–H groups in total. The van der Waals surface area contributed by atoms with Crippen LogP contribution in [0.25, 0.3) is 0 Å². The maximum atomic E-state index is 12.5. The van der Waals surface area contributed by atoms with Gasteiger partial charge in [-0.15, -0.1) is 0 Å². The molecule has 0 aromatic carbocycles. The minimum atomic E-state index is -2.77. The van der Waals surface area contributed by atoms with E-state index in [0.29, 0.717) is 0 Å². The van der Waals surface area contributed by atoms with Crippen LogP contribution >= 0.6 is 0 Å². The summed E-state index contributed by atoms with van der Waals surface area (Å²) in [7, 11) is 1.20. The van der Waals surface area contributed by atoms with E-state index < -0.39 is 30.6 Å². The van der Waals surface area contributed by atoms with Crippen molar-refractivity contribution in [3.05, 3.63) is 0 Å². The van der Waals surface area contributed by atoms with Gasteiger partial charge in [0.05, 0.1) is 12.5 Å². The van der Waals surface area contributed by atoms with Gasteiger partial charge in [0.25, 0.3) is 6.43 Å². The van der Waals surface area contributed by atoms with Gasteiger partial charge >= 0.3 is 6.09 Å². The topological polar surface area (TPSA) is 53.3 Å². The third-order valence-electron chi connectivity index (χ3n) is 1.77. The Morgan fingerprint density at radius 3 is 2.31 bits per heavy atom. The number of rotatable bonds is 3. The first-order valence-electron chi connectivity index (χ1n) is 4.80. The van der Waals surface area contributed by atoms with Crippen LogP contribution in [0.2, 0.25) is 0 Å². The molecule has 1 unspecified atom stereocenters. The SMILES string of the molecule is CN(C(=O)OC(C)(C)C)C(CC#N)C(F)F. The van der Waals surface area contributed by atoms with Crippen LogP contribution in [0.15, 0.2) is 0 Å². The first-order valence-corrected chi connectivity index (χ1v) is 4.80. The number of amides is 1. The molecule has 0 spiro atoms. The highest BCUT2D eigenvalue weighted by Crippen LogP contribution is 2.16. The van der Waals surface area contributed by atoms with Gasteiger partial charge in [0.2, 0.25) is 0 Å². The molecule has 16 heavy (non-hydrogen) atoms. The molecule has 0 rings (SSSR count). The predicted octanol–water partition coefficient (Wildman–Crippen LogP) is 2.40. The summed E-state index contributed by atoms with van der Waals surface area (Å²) in [6.45, 7) is 4.92. The molecule has 1 atom stereocenters.